The SMILES string of the molecule is Cc1nc2ccccc2n1C.Cn1ccnc1-c1ccccn1.Cn1ccnc1-c1ccccn1.[Cl][Os]. The minimum atomic E-state index is 0.899. The van der Waals surface area contributed by atoms with Crippen LogP contribution >= 0.6 is 9.64 Å². The van der Waals surface area contributed by atoms with Crippen molar-refractivity contribution in [1.29, 1.82) is 0 Å². The van der Waals surface area contributed by atoms with Gasteiger partial charge in [-0.3, -0.25) is 9.97 Å². The van der Waals surface area contributed by atoms with Crippen LogP contribution < -0.4 is 0 Å². The van der Waals surface area contributed by atoms with Gasteiger partial charge in [0.2, 0.25) is 0 Å². The fourth-order valence-electron chi connectivity index (χ4n) is 3.48. The zero-order valence-corrected chi connectivity index (χ0v) is 24.3. The molecule has 0 atom stereocenters. The first-order chi connectivity index (χ1) is 18.0. The van der Waals surface area contributed by atoms with Crippen LogP contribution in [0.3, 0.4) is 0 Å². The van der Waals surface area contributed by atoms with E-state index in [2.05, 4.69) is 45.2 Å². The fourth-order valence-corrected chi connectivity index (χ4v) is 3.48. The number of fused-ring (bicyclic) bond motifs is 1. The van der Waals surface area contributed by atoms with Crippen LogP contribution in [0.1, 0.15) is 5.82 Å². The molecule has 6 rings (SSSR count). The third-order valence-electron chi connectivity index (χ3n) is 5.44. The van der Waals surface area contributed by atoms with E-state index in [4.69, 9.17) is 0 Å². The first-order valence-electron chi connectivity index (χ1n) is 11.3. The number of nitrogens with zero attached hydrogens (tertiary/aromatic N) is 8. The number of benzene rings is 1. The molecule has 0 N–H and O–H groups in total. The Morgan fingerprint density at radius 3 is 1.51 bits per heavy atom. The van der Waals surface area contributed by atoms with Crippen molar-refractivity contribution in [2.45, 2.75) is 6.92 Å². The second-order valence-corrected chi connectivity index (χ2v) is 7.86. The van der Waals surface area contributed by atoms with Crippen LogP contribution in [-0.4, -0.2) is 38.6 Å². The Hall–Kier alpha value is -3.66. The Morgan fingerprint density at radius 2 is 1.11 bits per heavy atom. The summed E-state index contributed by atoms with van der Waals surface area (Å²) in [5.74, 6) is 2.86. The van der Waals surface area contributed by atoms with E-state index in [-0.39, 0.29) is 0 Å². The van der Waals surface area contributed by atoms with Crippen molar-refractivity contribution in [2.75, 3.05) is 0 Å². The van der Waals surface area contributed by atoms with Gasteiger partial charge in [-0.2, -0.15) is 0 Å². The summed E-state index contributed by atoms with van der Waals surface area (Å²) in [6.45, 7) is 2.01. The van der Waals surface area contributed by atoms with Gasteiger partial charge in [-0.1, -0.05) is 24.3 Å². The third-order valence-corrected chi connectivity index (χ3v) is 5.44. The monoisotopic (exact) mass is 691 g/mol. The molecule has 0 aliphatic heterocycles. The Balaban J connectivity index is 0.000000149. The van der Waals surface area contributed by atoms with Gasteiger partial charge in [0.15, 0.2) is 11.6 Å². The average molecular weight is 690 g/mol. The number of pyridine rings is 2. The van der Waals surface area contributed by atoms with Crippen LogP contribution in [0.5, 0.6) is 0 Å². The van der Waals surface area contributed by atoms with Gasteiger partial charge in [-0.25, -0.2) is 15.0 Å². The first kappa shape index (κ1) is 27.9. The molecule has 10 heteroatoms. The quantitative estimate of drug-likeness (QED) is 0.239. The molecule has 5 aromatic heterocycles. The van der Waals surface area contributed by atoms with Gasteiger partial charge in [0.1, 0.15) is 17.2 Å². The zero-order valence-electron chi connectivity index (χ0n) is 21.0. The number of hydrogen-bond acceptors (Lipinski definition) is 5. The molecule has 6 aromatic rings. The van der Waals surface area contributed by atoms with E-state index >= 15 is 0 Å². The van der Waals surface area contributed by atoms with Gasteiger partial charge >= 0.3 is 27.2 Å². The van der Waals surface area contributed by atoms with Crippen molar-refractivity contribution in [2.24, 2.45) is 21.1 Å². The molecular formula is C27H28ClN8Os. The van der Waals surface area contributed by atoms with Crippen LogP contribution in [0, 0.1) is 6.92 Å². The molecule has 0 spiro atoms. The van der Waals surface area contributed by atoms with Crippen molar-refractivity contribution >= 4 is 20.7 Å². The molecule has 0 radical (unpaired) electrons. The van der Waals surface area contributed by atoms with Gasteiger partial charge in [0, 0.05) is 58.3 Å². The van der Waals surface area contributed by atoms with E-state index in [0.717, 1.165) is 34.4 Å². The number of halogens is 1. The summed E-state index contributed by atoms with van der Waals surface area (Å²) >= 11 is 1.33. The average Bonchev–Trinajstić information content (AvgIpc) is 3.66. The topological polar surface area (TPSA) is 79.2 Å². The van der Waals surface area contributed by atoms with E-state index in [1.165, 1.54) is 23.1 Å². The maximum absolute atomic E-state index is 4.67. The molecule has 0 amide bonds. The van der Waals surface area contributed by atoms with E-state index in [9.17, 15) is 0 Å². The molecule has 5 heterocycles. The fraction of sp³-hybridized carbons (Fsp3) is 0.148. The minimum absolute atomic E-state index is 0.899. The van der Waals surface area contributed by atoms with Gasteiger partial charge in [-0.05, 0) is 43.3 Å². The Kier molecular flexibility index (Phi) is 10.7. The second kappa shape index (κ2) is 14.2. The standard InChI is InChI=1S/2C9H9N3.C9H10N2.ClH.Os/c2*1-12-7-6-11-9(12)8-4-2-3-5-10-8;1-7-10-8-5-3-4-6-9(8)11(7)2;;/h2*2-7H,1H3;3-6H,1-2H3;1H;/q;;;;+1/p-1. The predicted molar refractivity (Wildman–Crippen MR) is 144 cm³/mol. The second-order valence-electron chi connectivity index (χ2n) is 7.86. The van der Waals surface area contributed by atoms with Crippen LogP contribution in [0.2, 0.25) is 0 Å². The third kappa shape index (κ3) is 7.42. The molecule has 0 saturated heterocycles. The normalized spacial score (nSPS) is 9.89. The maximum atomic E-state index is 4.67. The van der Waals surface area contributed by atoms with Gasteiger partial charge in [0.25, 0.3) is 0 Å². The number of imidazole rings is 3. The number of hydrogen-bond donors (Lipinski definition) is 0. The summed E-state index contributed by atoms with van der Waals surface area (Å²) in [5, 5.41) is 0. The Bertz CT molecular complexity index is 1420. The summed E-state index contributed by atoms with van der Waals surface area (Å²) in [5.41, 5.74) is 4.09. The zero-order chi connectivity index (χ0) is 26.6. The molecule has 37 heavy (non-hydrogen) atoms. The molecular weight excluding hydrogens is 662 g/mol. The molecule has 0 aliphatic rings. The molecule has 0 saturated carbocycles. The Labute approximate surface area is 231 Å². The molecule has 0 aliphatic carbocycles. The first-order valence-corrected chi connectivity index (χ1v) is 14.5. The molecule has 0 fully saturated rings. The van der Waals surface area contributed by atoms with Crippen LogP contribution in [0.4, 0.5) is 0 Å². The molecule has 0 bridgehead atoms. The van der Waals surface area contributed by atoms with Crippen LogP contribution in [-0.2, 0) is 38.7 Å². The molecule has 0 unspecified atom stereocenters. The Morgan fingerprint density at radius 1 is 0.622 bits per heavy atom. The molecule has 8 nitrogen and oxygen atoms in total. The van der Waals surface area contributed by atoms with E-state index in [0.29, 0.717) is 0 Å². The molecule has 1 aromatic carbocycles. The summed E-state index contributed by atoms with van der Waals surface area (Å²) in [7, 11) is 10.6. The van der Waals surface area contributed by atoms with Crippen molar-refractivity contribution in [3.8, 4) is 23.0 Å². The number of aryl methyl sites for hydroxylation is 4. The summed E-state index contributed by atoms with van der Waals surface area (Å²) in [6, 6.07) is 19.7. The number of aromatic nitrogens is 8. The van der Waals surface area contributed by atoms with Crippen molar-refractivity contribution in [3.05, 3.63) is 104 Å². The summed E-state index contributed by atoms with van der Waals surface area (Å²) in [4.78, 5) is 21.1. The van der Waals surface area contributed by atoms with Gasteiger partial charge < -0.3 is 13.7 Å². The van der Waals surface area contributed by atoms with Crippen molar-refractivity contribution < 1.29 is 17.6 Å². The van der Waals surface area contributed by atoms with Crippen molar-refractivity contribution in [3.63, 3.8) is 0 Å². The van der Waals surface area contributed by atoms with E-state index < -0.39 is 0 Å². The van der Waals surface area contributed by atoms with Crippen molar-refractivity contribution in [1.82, 2.24) is 38.6 Å². The van der Waals surface area contributed by atoms with Gasteiger partial charge in [-0.15, -0.1) is 0 Å². The summed E-state index contributed by atoms with van der Waals surface area (Å²) in [6.07, 6.45) is 10.9. The van der Waals surface area contributed by atoms with Crippen LogP contribution in [0.15, 0.2) is 97.8 Å². The van der Waals surface area contributed by atoms with Crippen LogP contribution in [0.25, 0.3) is 34.1 Å². The molecule has 191 valence electrons. The number of rotatable bonds is 2. The van der Waals surface area contributed by atoms with E-state index in [1.807, 2.05) is 104 Å². The number of para-hydroxylation sites is 2. The predicted octanol–water partition coefficient (Wildman–Crippen LogP) is 5.53. The van der Waals surface area contributed by atoms with E-state index in [1.54, 1.807) is 24.8 Å². The van der Waals surface area contributed by atoms with Gasteiger partial charge in [0.05, 0.1) is 11.0 Å². The summed E-state index contributed by atoms with van der Waals surface area (Å²) < 4.78 is 5.99.